The molecule has 2 aromatic carbocycles. The first-order chi connectivity index (χ1) is 16.6. The van der Waals surface area contributed by atoms with Gasteiger partial charge in [0.2, 0.25) is 0 Å². The zero-order valence-corrected chi connectivity index (χ0v) is 20.6. The molecule has 0 saturated heterocycles. The number of benzene rings is 2. The molecule has 186 valence electrons. The fourth-order valence-electron chi connectivity index (χ4n) is 3.73. The number of nitrogen functional groups attached to an aromatic ring is 1. The van der Waals surface area contributed by atoms with Gasteiger partial charge >= 0.3 is 0 Å². The van der Waals surface area contributed by atoms with E-state index in [1.807, 2.05) is 0 Å². The molecule has 0 heterocycles. The van der Waals surface area contributed by atoms with Crippen LogP contribution in [-0.2, 0) is 0 Å². The number of unbranched alkanes of at least 4 members (excludes halogenated alkanes) is 11. The van der Waals surface area contributed by atoms with Gasteiger partial charge in [-0.1, -0.05) is 77.6 Å². The van der Waals surface area contributed by atoms with Crippen LogP contribution in [0.15, 0.2) is 48.5 Å². The van der Waals surface area contributed by atoms with Crippen molar-refractivity contribution in [2.24, 2.45) is 0 Å². The third kappa shape index (κ3) is 11.2. The molecule has 34 heavy (non-hydrogen) atoms. The molecule has 0 aromatic heterocycles. The minimum atomic E-state index is -0.407. The summed E-state index contributed by atoms with van der Waals surface area (Å²) in [7, 11) is 0. The van der Waals surface area contributed by atoms with Crippen molar-refractivity contribution in [3.8, 4) is 5.75 Å². The largest absolute Gasteiger partial charge is 0.494 e. The summed E-state index contributed by atoms with van der Waals surface area (Å²) in [4.78, 5) is 24.3. The summed E-state index contributed by atoms with van der Waals surface area (Å²) in [6, 6.07) is 13.4. The van der Waals surface area contributed by atoms with E-state index >= 15 is 0 Å². The molecule has 2 rings (SSSR count). The first-order valence-corrected chi connectivity index (χ1v) is 12.8. The van der Waals surface area contributed by atoms with E-state index in [-0.39, 0.29) is 0 Å². The number of nitrogens with two attached hydrogens (primary N) is 1. The van der Waals surface area contributed by atoms with Crippen LogP contribution in [0.5, 0.6) is 5.75 Å². The predicted molar refractivity (Wildman–Crippen MR) is 139 cm³/mol. The molecule has 6 nitrogen and oxygen atoms in total. The molecule has 0 radical (unpaired) electrons. The van der Waals surface area contributed by atoms with Gasteiger partial charge < -0.3 is 10.5 Å². The van der Waals surface area contributed by atoms with E-state index in [2.05, 4.69) is 17.8 Å². The first-order valence-electron chi connectivity index (χ1n) is 12.8. The second-order valence-corrected chi connectivity index (χ2v) is 8.79. The summed E-state index contributed by atoms with van der Waals surface area (Å²) >= 11 is 0. The lowest BCUT2D eigenvalue weighted by atomic mass is 10.1. The summed E-state index contributed by atoms with van der Waals surface area (Å²) in [6.07, 6.45) is 15.8. The zero-order chi connectivity index (χ0) is 24.4. The van der Waals surface area contributed by atoms with Gasteiger partial charge in [0, 0.05) is 16.8 Å². The molecular weight excluding hydrogens is 426 g/mol. The summed E-state index contributed by atoms with van der Waals surface area (Å²) < 4.78 is 5.79. The van der Waals surface area contributed by atoms with Gasteiger partial charge in [0.15, 0.2) is 0 Å². The molecule has 2 amide bonds. The maximum absolute atomic E-state index is 12.2. The molecule has 0 unspecified atom stereocenters. The Kier molecular flexibility index (Phi) is 13.3. The summed E-state index contributed by atoms with van der Waals surface area (Å²) in [6.45, 7) is 2.94. The Morgan fingerprint density at radius 1 is 0.647 bits per heavy atom. The van der Waals surface area contributed by atoms with Crippen LogP contribution < -0.4 is 21.3 Å². The smallest absolute Gasteiger partial charge is 0.269 e. The highest BCUT2D eigenvalue weighted by Gasteiger charge is 2.09. The Labute approximate surface area is 204 Å². The van der Waals surface area contributed by atoms with Crippen LogP contribution in [-0.4, -0.2) is 18.4 Å². The normalized spacial score (nSPS) is 10.6. The molecule has 0 aliphatic heterocycles. The van der Waals surface area contributed by atoms with Crippen molar-refractivity contribution in [3.05, 3.63) is 59.7 Å². The highest BCUT2D eigenvalue weighted by Crippen LogP contribution is 2.15. The zero-order valence-electron chi connectivity index (χ0n) is 20.6. The second kappa shape index (κ2) is 16.6. The van der Waals surface area contributed by atoms with Gasteiger partial charge in [-0.3, -0.25) is 20.4 Å². The second-order valence-electron chi connectivity index (χ2n) is 8.79. The van der Waals surface area contributed by atoms with Gasteiger partial charge in [0.1, 0.15) is 5.75 Å². The number of carbonyl (C=O) groups is 2. The minimum Gasteiger partial charge on any atom is -0.494 e. The summed E-state index contributed by atoms with van der Waals surface area (Å²) in [5.41, 5.74) is 11.9. The highest BCUT2D eigenvalue weighted by molar-refractivity contribution is 5.99. The van der Waals surface area contributed by atoms with E-state index in [9.17, 15) is 9.59 Å². The molecule has 0 aliphatic rings. The summed E-state index contributed by atoms with van der Waals surface area (Å²) in [5, 5.41) is 0. The van der Waals surface area contributed by atoms with Crippen molar-refractivity contribution in [1.82, 2.24) is 10.9 Å². The maximum atomic E-state index is 12.2. The lowest BCUT2D eigenvalue weighted by molar-refractivity contribution is 0.0846. The molecule has 0 bridgehead atoms. The predicted octanol–water partition coefficient (Wildman–Crippen LogP) is 6.42. The van der Waals surface area contributed by atoms with Crippen LogP contribution in [0.3, 0.4) is 0 Å². The lowest BCUT2D eigenvalue weighted by Gasteiger charge is -2.09. The number of anilines is 1. The van der Waals surface area contributed by atoms with Gasteiger partial charge in [-0.2, -0.15) is 0 Å². The van der Waals surface area contributed by atoms with Crippen molar-refractivity contribution < 1.29 is 14.3 Å². The van der Waals surface area contributed by atoms with E-state index in [1.165, 1.54) is 70.6 Å². The molecule has 0 saturated carbocycles. The Hall–Kier alpha value is -3.02. The van der Waals surface area contributed by atoms with Crippen molar-refractivity contribution in [3.63, 3.8) is 0 Å². The number of nitrogens with one attached hydrogen (secondary N) is 2. The molecule has 6 heteroatoms. The number of hydrogen-bond donors (Lipinski definition) is 3. The van der Waals surface area contributed by atoms with Crippen LogP contribution >= 0.6 is 0 Å². The average Bonchev–Trinajstić information content (AvgIpc) is 2.86. The van der Waals surface area contributed by atoms with E-state index in [0.29, 0.717) is 23.4 Å². The quantitative estimate of drug-likeness (QED) is 0.151. The van der Waals surface area contributed by atoms with Crippen LogP contribution in [0.4, 0.5) is 5.69 Å². The fourth-order valence-corrected chi connectivity index (χ4v) is 3.73. The third-order valence-corrected chi connectivity index (χ3v) is 5.85. The standard InChI is InChI=1S/C28H41N3O3/c1-2-3-4-5-6-7-8-9-10-11-12-13-22-34-26-20-16-24(17-21-26)28(33)31-30-27(32)23-14-18-25(29)19-15-23/h14-21H,2-13,22,29H2,1H3,(H,30,32)(H,31,33). The van der Waals surface area contributed by atoms with Crippen LogP contribution in [0, 0.1) is 0 Å². The highest BCUT2D eigenvalue weighted by atomic mass is 16.5. The lowest BCUT2D eigenvalue weighted by Crippen LogP contribution is -2.41. The topological polar surface area (TPSA) is 93.5 Å². The third-order valence-electron chi connectivity index (χ3n) is 5.85. The van der Waals surface area contributed by atoms with Crippen LogP contribution in [0.1, 0.15) is 105 Å². The Morgan fingerprint density at radius 3 is 1.53 bits per heavy atom. The number of rotatable bonds is 16. The van der Waals surface area contributed by atoms with E-state index < -0.39 is 11.8 Å². The van der Waals surface area contributed by atoms with Crippen LogP contribution in [0.2, 0.25) is 0 Å². The molecule has 0 fully saturated rings. The number of hydrazine groups is 1. The molecule has 0 aliphatic carbocycles. The summed E-state index contributed by atoms with van der Waals surface area (Å²) in [5.74, 6) is -0.0578. The molecule has 4 N–H and O–H groups in total. The number of ether oxygens (including phenoxy) is 1. The van der Waals surface area contributed by atoms with Crippen molar-refractivity contribution in [1.29, 1.82) is 0 Å². The van der Waals surface area contributed by atoms with Gasteiger partial charge in [0.05, 0.1) is 6.61 Å². The van der Waals surface area contributed by atoms with Crippen LogP contribution in [0.25, 0.3) is 0 Å². The number of hydrogen-bond acceptors (Lipinski definition) is 4. The van der Waals surface area contributed by atoms with Gasteiger partial charge in [0.25, 0.3) is 11.8 Å². The Morgan fingerprint density at radius 2 is 1.06 bits per heavy atom. The van der Waals surface area contributed by atoms with Crippen molar-refractivity contribution in [2.45, 2.75) is 84.0 Å². The molecule has 0 spiro atoms. The van der Waals surface area contributed by atoms with E-state index in [4.69, 9.17) is 10.5 Å². The molecule has 2 aromatic rings. The van der Waals surface area contributed by atoms with Gasteiger partial charge in [-0.15, -0.1) is 0 Å². The van der Waals surface area contributed by atoms with E-state index in [0.717, 1.165) is 12.2 Å². The maximum Gasteiger partial charge on any atom is 0.269 e. The number of carbonyl (C=O) groups excluding carboxylic acids is 2. The van der Waals surface area contributed by atoms with E-state index in [1.54, 1.807) is 48.5 Å². The van der Waals surface area contributed by atoms with Crippen molar-refractivity contribution >= 4 is 17.5 Å². The molecule has 0 atom stereocenters. The van der Waals surface area contributed by atoms with Crippen molar-refractivity contribution in [2.75, 3.05) is 12.3 Å². The average molecular weight is 468 g/mol. The monoisotopic (exact) mass is 467 g/mol. The molecular formula is C28H41N3O3. The minimum absolute atomic E-state index is 0.392. The Bertz CT molecular complexity index is 835. The van der Waals surface area contributed by atoms with Gasteiger partial charge in [-0.25, -0.2) is 0 Å². The van der Waals surface area contributed by atoms with Gasteiger partial charge in [-0.05, 0) is 55.0 Å². The Balaban J connectivity index is 1.52. The first kappa shape index (κ1) is 27.2. The SMILES string of the molecule is CCCCCCCCCCCCCCOc1ccc(C(=O)NNC(=O)c2ccc(N)cc2)cc1. The number of amides is 2. The fraction of sp³-hybridized carbons (Fsp3) is 0.500.